The maximum atomic E-state index is 12.0. The zero-order chi connectivity index (χ0) is 18.9. The maximum absolute atomic E-state index is 12.0. The van der Waals surface area contributed by atoms with Crippen molar-refractivity contribution >= 4 is 23.8 Å². The van der Waals surface area contributed by atoms with Crippen LogP contribution < -0.4 is 20.5 Å². The summed E-state index contributed by atoms with van der Waals surface area (Å²) in [4.78, 5) is 34.2. The molecule has 0 aliphatic rings. The number of benzene rings is 2. The van der Waals surface area contributed by atoms with Crippen LogP contribution >= 0.6 is 0 Å². The minimum atomic E-state index is -0.544. The molecule has 0 unspecified atom stereocenters. The molecule has 0 saturated carbocycles. The van der Waals surface area contributed by atoms with Crippen LogP contribution in [0.4, 0.5) is 5.69 Å². The molecule has 0 atom stereocenters. The number of rotatable bonds is 9. The fourth-order valence-electron chi connectivity index (χ4n) is 2.10. The first-order chi connectivity index (χ1) is 12.5. The van der Waals surface area contributed by atoms with Gasteiger partial charge in [0.05, 0.1) is 12.2 Å². The van der Waals surface area contributed by atoms with E-state index < -0.39 is 11.8 Å². The van der Waals surface area contributed by atoms with Crippen LogP contribution in [0.25, 0.3) is 0 Å². The Morgan fingerprint density at radius 2 is 1.85 bits per heavy atom. The van der Waals surface area contributed by atoms with Crippen LogP contribution in [0.2, 0.25) is 0 Å². The topological polar surface area (TPSA) is 108 Å². The number of hydrogen-bond donors (Lipinski definition) is 2. The Kier molecular flexibility index (Phi) is 6.73. The van der Waals surface area contributed by atoms with E-state index in [1.807, 2.05) is 6.92 Å². The fourth-order valence-corrected chi connectivity index (χ4v) is 2.10. The summed E-state index contributed by atoms with van der Waals surface area (Å²) in [6.45, 7) is 2.24. The predicted octanol–water partition coefficient (Wildman–Crippen LogP) is 2.40. The van der Waals surface area contributed by atoms with E-state index in [1.54, 1.807) is 30.3 Å². The van der Waals surface area contributed by atoms with Gasteiger partial charge in [0, 0.05) is 17.3 Å². The second kappa shape index (κ2) is 9.22. The summed E-state index contributed by atoms with van der Waals surface area (Å²) in [5.41, 5.74) is 6.33. The Hall–Kier alpha value is -3.35. The first-order valence-electron chi connectivity index (χ1n) is 8.08. The Bertz CT molecular complexity index is 787. The van der Waals surface area contributed by atoms with Crippen LogP contribution in [0.3, 0.4) is 0 Å². The second-order valence-electron chi connectivity index (χ2n) is 5.44. The summed E-state index contributed by atoms with van der Waals surface area (Å²) in [6.07, 6.45) is 1.50. The second-order valence-corrected chi connectivity index (χ2v) is 5.44. The molecule has 26 heavy (non-hydrogen) atoms. The molecule has 0 radical (unpaired) electrons. The molecule has 0 aliphatic heterocycles. The van der Waals surface area contributed by atoms with Crippen LogP contribution in [-0.2, 0) is 4.79 Å². The van der Waals surface area contributed by atoms with Gasteiger partial charge in [-0.15, -0.1) is 0 Å². The van der Waals surface area contributed by atoms with Crippen LogP contribution in [-0.4, -0.2) is 31.3 Å². The number of primary amides is 1. The minimum Gasteiger partial charge on any atom is -0.493 e. The highest BCUT2D eigenvalue weighted by molar-refractivity contribution is 5.95. The van der Waals surface area contributed by atoms with E-state index in [1.165, 1.54) is 12.1 Å². The number of carbonyl (C=O) groups excluding carboxylic acids is 3. The number of amides is 2. The predicted molar refractivity (Wildman–Crippen MR) is 96.7 cm³/mol. The highest BCUT2D eigenvalue weighted by Gasteiger charge is 2.09. The minimum absolute atomic E-state index is 0.271. The van der Waals surface area contributed by atoms with E-state index in [0.717, 1.165) is 6.42 Å². The molecule has 0 bridgehead atoms. The van der Waals surface area contributed by atoms with Gasteiger partial charge in [-0.2, -0.15) is 0 Å². The molecule has 7 heteroatoms. The van der Waals surface area contributed by atoms with Gasteiger partial charge >= 0.3 is 0 Å². The number of anilines is 1. The SMILES string of the molecule is CCCOc1ccc(C=O)c(OCC(=O)Nc2ccc(C(N)=O)cc2)c1. The van der Waals surface area contributed by atoms with Crippen molar-refractivity contribution in [3.05, 3.63) is 53.6 Å². The zero-order valence-electron chi connectivity index (χ0n) is 14.4. The molecule has 0 spiro atoms. The Morgan fingerprint density at radius 3 is 2.46 bits per heavy atom. The van der Waals surface area contributed by atoms with Crippen molar-refractivity contribution < 1.29 is 23.9 Å². The summed E-state index contributed by atoms with van der Waals surface area (Å²) in [5.74, 6) is -0.117. The molecule has 0 aromatic heterocycles. The summed E-state index contributed by atoms with van der Waals surface area (Å²) in [5, 5.41) is 2.63. The molecule has 2 aromatic carbocycles. The van der Waals surface area contributed by atoms with Crippen molar-refractivity contribution in [2.24, 2.45) is 5.73 Å². The van der Waals surface area contributed by atoms with Crippen molar-refractivity contribution in [2.45, 2.75) is 13.3 Å². The molecule has 136 valence electrons. The molecule has 0 fully saturated rings. The highest BCUT2D eigenvalue weighted by atomic mass is 16.5. The van der Waals surface area contributed by atoms with Crippen LogP contribution in [0.5, 0.6) is 11.5 Å². The van der Waals surface area contributed by atoms with Crippen molar-refractivity contribution in [3.63, 3.8) is 0 Å². The standard InChI is InChI=1S/C19H20N2O5/c1-2-9-25-16-8-5-14(11-22)17(10-16)26-12-18(23)21-15-6-3-13(4-7-15)19(20)24/h3-8,10-11H,2,9,12H2,1H3,(H2,20,24)(H,21,23). The van der Waals surface area contributed by atoms with Crippen molar-refractivity contribution in [3.8, 4) is 11.5 Å². The third-order valence-electron chi connectivity index (χ3n) is 3.40. The molecule has 2 amide bonds. The molecule has 7 nitrogen and oxygen atoms in total. The van der Waals surface area contributed by atoms with Gasteiger partial charge < -0.3 is 20.5 Å². The van der Waals surface area contributed by atoms with Crippen LogP contribution in [0.15, 0.2) is 42.5 Å². The number of ether oxygens (including phenoxy) is 2. The van der Waals surface area contributed by atoms with E-state index in [-0.39, 0.29) is 12.4 Å². The lowest BCUT2D eigenvalue weighted by Gasteiger charge is -2.11. The van der Waals surface area contributed by atoms with Gasteiger partial charge in [0.1, 0.15) is 11.5 Å². The van der Waals surface area contributed by atoms with Crippen molar-refractivity contribution in [1.29, 1.82) is 0 Å². The molecule has 2 rings (SSSR count). The summed E-state index contributed by atoms with van der Waals surface area (Å²) < 4.78 is 10.9. The average molecular weight is 356 g/mol. The lowest BCUT2D eigenvalue weighted by molar-refractivity contribution is -0.118. The number of hydrogen-bond acceptors (Lipinski definition) is 5. The monoisotopic (exact) mass is 356 g/mol. The molecular weight excluding hydrogens is 336 g/mol. The van der Waals surface area contributed by atoms with Crippen LogP contribution in [0.1, 0.15) is 34.1 Å². The van der Waals surface area contributed by atoms with Gasteiger partial charge in [0.2, 0.25) is 5.91 Å². The van der Waals surface area contributed by atoms with E-state index in [0.29, 0.717) is 35.5 Å². The first kappa shape index (κ1) is 19.0. The highest BCUT2D eigenvalue weighted by Crippen LogP contribution is 2.24. The number of aldehydes is 1. The normalized spacial score (nSPS) is 10.0. The van der Waals surface area contributed by atoms with Gasteiger partial charge in [-0.1, -0.05) is 6.92 Å². The van der Waals surface area contributed by atoms with Gasteiger partial charge in [-0.3, -0.25) is 14.4 Å². The molecule has 3 N–H and O–H groups in total. The Balaban J connectivity index is 1.97. The quantitative estimate of drug-likeness (QED) is 0.671. The Morgan fingerprint density at radius 1 is 1.12 bits per heavy atom. The molecule has 0 aliphatic carbocycles. The van der Waals surface area contributed by atoms with E-state index in [4.69, 9.17) is 15.2 Å². The van der Waals surface area contributed by atoms with E-state index >= 15 is 0 Å². The maximum Gasteiger partial charge on any atom is 0.262 e. The molecular formula is C19H20N2O5. The lowest BCUT2D eigenvalue weighted by atomic mass is 10.2. The molecule has 0 heterocycles. The third-order valence-corrected chi connectivity index (χ3v) is 3.40. The summed E-state index contributed by atoms with van der Waals surface area (Å²) >= 11 is 0. The lowest BCUT2D eigenvalue weighted by Crippen LogP contribution is -2.20. The van der Waals surface area contributed by atoms with Crippen molar-refractivity contribution in [2.75, 3.05) is 18.5 Å². The number of nitrogens with one attached hydrogen (secondary N) is 1. The first-order valence-corrected chi connectivity index (χ1v) is 8.08. The summed E-state index contributed by atoms with van der Waals surface area (Å²) in [6, 6.07) is 11.0. The average Bonchev–Trinajstić information content (AvgIpc) is 2.65. The van der Waals surface area contributed by atoms with Gasteiger partial charge in [0.25, 0.3) is 5.91 Å². The third kappa shape index (κ3) is 5.34. The van der Waals surface area contributed by atoms with Crippen LogP contribution in [0, 0.1) is 0 Å². The summed E-state index contributed by atoms with van der Waals surface area (Å²) in [7, 11) is 0. The van der Waals surface area contributed by atoms with Gasteiger partial charge in [-0.05, 0) is 42.8 Å². The molecule has 0 saturated heterocycles. The van der Waals surface area contributed by atoms with E-state index in [2.05, 4.69) is 5.32 Å². The van der Waals surface area contributed by atoms with Crippen molar-refractivity contribution in [1.82, 2.24) is 0 Å². The zero-order valence-corrected chi connectivity index (χ0v) is 14.4. The number of nitrogens with two attached hydrogens (primary N) is 1. The fraction of sp³-hybridized carbons (Fsp3) is 0.211. The van der Waals surface area contributed by atoms with Gasteiger partial charge in [0.15, 0.2) is 12.9 Å². The Labute approximate surface area is 151 Å². The largest absolute Gasteiger partial charge is 0.493 e. The van der Waals surface area contributed by atoms with Gasteiger partial charge in [-0.25, -0.2) is 0 Å². The number of carbonyl (C=O) groups is 3. The molecule has 2 aromatic rings. The smallest absolute Gasteiger partial charge is 0.262 e. The van der Waals surface area contributed by atoms with E-state index in [9.17, 15) is 14.4 Å².